The number of hydrogen-bond acceptors (Lipinski definition) is 2. The summed E-state index contributed by atoms with van der Waals surface area (Å²) < 4.78 is 6.13. The lowest BCUT2D eigenvalue weighted by atomic mass is 9.75. The van der Waals surface area contributed by atoms with Gasteiger partial charge in [-0.15, -0.1) is 5.73 Å². The van der Waals surface area contributed by atoms with Gasteiger partial charge in [-0.25, -0.2) is 0 Å². The van der Waals surface area contributed by atoms with E-state index in [0.717, 1.165) is 82.7 Å². The van der Waals surface area contributed by atoms with E-state index in [9.17, 15) is 5.26 Å². The van der Waals surface area contributed by atoms with Crippen LogP contribution < -0.4 is 0 Å². The zero-order valence-electron chi connectivity index (χ0n) is 37.3. The van der Waals surface area contributed by atoms with Gasteiger partial charge in [0.05, 0.1) is 12.2 Å². The van der Waals surface area contributed by atoms with Crippen LogP contribution >= 0.6 is 0 Å². The minimum atomic E-state index is 0.0494. The summed E-state index contributed by atoms with van der Waals surface area (Å²) in [5.74, 6) is 2.92. The van der Waals surface area contributed by atoms with Crippen LogP contribution in [0.4, 0.5) is 0 Å². The van der Waals surface area contributed by atoms with Crippen molar-refractivity contribution in [2.45, 2.75) is 149 Å². The highest BCUT2D eigenvalue weighted by Crippen LogP contribution is 2.40. The second-order valence-electron chi connectivity index (χ2n) is 18.3. The Labute approximate surface area is 360 Å². The molecule has 3 atom stereocenters. The van der Waals surface area contributed by atoms with Gasteiger partial charge in [0.2, 0.25) is 0 Å². The van der Waals surface area contributed by atoms with Gasteiger partial charge in [-0.05, 0) is 190 Å². The Kier molecular flexibility index (Phi) is 19.3. The van der Waals surface area contributed by atoms with Crippen molar-refractivity contribution in [3.8, 4) is 6.07 Å². The molecule has 2 heteroatoms. The maximum absolute atomic E-state index is 10.0. The Hall–Kier alpha value is -4.15. The number of nitriles is 1. The smallest absolute Gasteiger partial charge is 0.0730 e. The molecule has 2 aromatic rings. The van der Waals surface area contributed by atoms with Gasteiger partial charge in [0, 0.05) is 12.5 Å². The van der Waals surface area contributed by atoms with Crippen molar-refractivity contribution in [2.24, 2.45) is 29.6 Å². The maximum atomic E-state index is 10.0. The molecular weight excluding hydrogens is 715 g/mol. The van der Waals surface area contributed by atoms with Crippen LogP contribution in [0.1, 0.15) is 146 Å². The Balaban J connectivity index is 0.961. The van der Waals surface area contributed by atoms with E-state index in [1.807, 2.05) is 6.08 Å². The Bertz CT molecular complexity index is 1850. The molecule has 2 aromatic carbocycles. The molecule has 0 bridgehead atoms. The molecule has 2 saturated carbocycles. The lowest BCUT2D eigenvalue weighted by Gasteiger charge is -2.30. The molecule has 3 aliphatic rings. The van der Waals surface area contributed by atoms with Crippen LogP contribution in [0.15, 0.2) is 132 Å². The third-order valence-corrected chi connectivity index (χ3v) is 13.1. The van der Waals surface area contributed by atoms with E-state index < -0.39 is 0 Å². The molecule has 314 valence electrons. The zero-order chi connectivity index (χ0) is 41.8. The molecule has 3 aliphatic carbocycles. The summed E-state index contributed by atoms with van der Waals surface area (Å²) in [5.41, 5.74) is 15.8. The lowest BCUT2D eigenvalue weighted by molar-refractivity contribution is 0.0691. The van der Waals surface area contributed by atoms with Gasteiger partial charge in [0.15, 0.2) is 0 Å². The topological polar surface area (TPSA) is 33.0 Å². The minimum Gasteiger partial charge on any atom is -0.374 e. The lowest BCUT2D eigenvalue weighted by Crippen LogP contribution is -2.16. The first-order valence-electron chi connectivity index (χ1n) is 23.4. The highest BCUT2D eigenvalue weighted by molar-refractivity contribution is 5.63. The summed E-state index contributed by atoms with van der Waals surface area (Å²) >= 11 is 0. The van der Waals surface area contributed by atoms with Crippen molar-refractivity contribution in [2.75, 3.05) is 6.61 Å². The summed E-state index contributed by atoms with van der Waals surface area (Å²) in [6.45, 7) is 18.0. The first-order valence-corrected chi connectivity index (χ1v) is 23.4. The molecule has 5 rings (SSSR count). The second-order valence-corrected chi connectivity index (χ2v) is 18.3. The summed E-state index contributed by atoms with van der Waals surface area (Å²) in [5, 5.41) is 10.0. The molecule has 0 aromatic heterocycles. The largest absolute Gasteiger partial charge is 0.374 e. The van der Waals surface area contributed by atoms with Crippen molar-refractivity contribution in [3.05, 3.63) is 154 Å². The number of ether oxygens (including phenoxy) is 1. The number of rotatable bonds is 25. The quantitative estimate of drug-likeness (QED) is 0.0741. The van der Waals surface area contributed by atoms with Crippen LogP contribution in [0.5, 0.6) is 0 Å². The maximum Gasteiger partial charge on any atom is 0.0730 e. The molecule has 3 unspecified atom stereocenters. The molecule has 2 fully saturated rings. The minimum absolute atomic E-state index is 0.0494. The van der Waals surface area contributed by atoms with E-state index in [1.54, 1.807) is 0 Å². The van der Waals surface area contributed by atoms with Gasteiger partial charge in [-0.3, -0.25) is 0 Å². The van der Waals surface area contributed by atoms with E-state index in [4.69, 9.17) is 4.74 Å². The van der Waals surface area contributed by atoms with Crippen molar-refractivity contribution in [3.63, 3.8) is 0 Å². The SMILES string of the molecule is C=C/C=C(\C=C/C(C)OCC(C)CCCc1ccc(CCC(C#N)CCC2=C=CC(C)=C(C3CCC(CC(=C)c4ccc(CCC5CC5)cc4)CC3)C=C2)cc1)CCC. The number of allylic oxidation sites excluding steroid dienone is 10. The van der Waals surface area contributed by atoms with E-state index in [-0.39, 0.29) is 12.0 Å². The van der Waals surface area contributed by atoms with Crippen molar-refractivity contribution >= 4 is 5.57 Å². The number of nitrogens with zero attached hydrogens (tertiary/aromatic N) is 1. The molecule has 0 saturated heterocycles. The fourth-order valence-corrected chi connectivity index (χ4v) is 8.94. The third-order valence-electron chi connectivity index (χ3n) is 13.1. The number of benzene rings is 2. The molecule has 0 radical (unpaired) electrons. The predicted molar refractivity (Wildman–Crippen MR) is 253 cm³/mol. The third kappa shape index (κ3) is 16.4. The van der Waals surface area contributed by atoms with Crippen LogP contribution in [-0.2, 0) is 24.0 Å². The van der Waals surface area contributed by atoms with Crippen LogP contribution in [0.25, 0.3) is 5.57 Å². The first-order chi connectivity index (χ1) is 28.7. The van der Waals surface area contributed by atoms with E-state index in [1.165, 1.54) is 101 Å². The molecule has 59 heavy (non-hydrogen) atoms. The monoisotopic (exact) mass is 790 g/mol. The highest BCUT2D eigenvalue weighted by atomic mass is 16.5. The normalized spacial score (nSPS) is 19.9. The van der Waals surface area contributed by atoms with Crippen molar-refractivity contribution in [1.82, 2.24) is 0 Å². The fraction of sp³-hybridized carbons (Fsp3) is 0.509. The zero-order valence-corrected chi connectivity index (χ0v) is 37.3. The average Bonchev–Trinajstić information content (AvgIpc) is 4.11. The Morgan fingerprint density at radius 2 is 1.53 bits per heavy atom. The molecule has 0 spiro atoms. The van der Waals surface area contributed by atoms with Gasteiger partial charge in [0.25, 0.3) is 0 Å². The van der Waals surface area contributed by atoms with Gasteiger partial charge < -0.3 is 4.74 Å². The standard InChI is InChI=1S/C57H75NO/c1-7-10-47(11-8-2)17-15-46(6)59-42-43(3)12-9-13-48-18-20-51(21-19-48)27-29-54(41-58)28-26-49-16-14-44(4)57(39-34-49)56-37-32-53(33-38-56)40-45(5)55-35-30-52(31-36-55)25-24-50-22-23-50/h7,10,14-15,17-21,30-31,34-36,39,43,46,50,53-54,56H,1,5,8-9,11-13,22-29,32-33,37-38,40,42H2,2-4,6H3/b17-15-,47-10-. The molecule has 0 N–H and O–H groups in total. The van der Waals surface area contributed by atoms with Gasteiger partial charge >= 0.3 is 0 Å². The van der Waals surface area contributed by atoms with E-state index in [0.29, 0.717) is 11.8 Å². The van der Waals surface area contributed by atoms with Crippen LogP contribution in [0.2, 0.25) is 0 Å². The highest BCUT2D eigenvalue weighted by Gasteiger charge is 2.25. The number of aryl methyl sites for hydroxylation is 3. The van der Waals surface area contributed by atoms with E-state index >= 15 is 0 Å². The molecule has 0 amide bonds. The van der Waals surface area contributed by atoms with Crippen LogP contribution in [-0.4, -0.2) is 12.7 Å². The average molecular weight is 790 g/mol. The first kappa shape index (κ1) is 45.9. The Morgan fingerprint density at radius 3 is 2.20 bits per heavy atom. The van der Waals surface area contributed by atoms with Gasteiger partial charge in [-0.1, -0.05) is 131 Å². The van der Waals surface area contributed by atoms with Crippen molar-refractivity contribution < 1.29 is 4.74 Å². The van der Waals surface area contributed by atoms with Gasteiger partial charge in [0.1, 0.15) is 0 Å². The summed E-state index contributed by atoms with van der Waals surface area (Å²) in [6, 6.07) is 21.0. The Morgan fingerprint density at radius 1 is 0.864 bits per heavy atom. The fourth-order valence-electron chi connectivity index (χ4n) is 8.94. The molecule has 0 heterocycles. The molecule has 0 aliphatic heterocycles. The van der Waals surface area contributed by atoms with Crippen LogP contribution in [0, 0.1) is 40.9 Å². The predicted octanol–water partition coefficient (Wildman–Crippen LogP) is 15.6. The van der Waals surface area contributed by atoms with Crippen LogP contribution in [0.3, 0.4) is 0 Å². The summed E-state index contributed by atoms with van der Waals surface area (Å²) in [4.78, 5) is 0. The van der Waals surface area contributed by atoms with Gasteiger partial charge in [-0.2, -0.15) is 5.26 Å². The summed E-state index contributed by atoms with van der Waals surface area (Å²) in [6.07, 6.45) is 36.1. The van der Waals surface area contributed by atoms with Crippen molar-refractivity contribution in [1.29, 1.82) is 5.26 Å². The summed E-state index contributed by atoms with van der Waals surface area (Å²) in [7, 11) is 0. The molecule has 2 nitrogen and oxygen atoms in total. The second kappa shape index (κ2) is 24.8. The number of hydrogen-bond donors (Lipinski definition) is 0. The van der Waals surface area contributed by atoms with E-state index in [2.05, 4.69) is 138 Å². The molecular formula is C57H75NO.